The molecule has 2 aliphatic heterocycles. The van der Waals surface area contributed by atoms with Gasteiger partial charge in [0.15, 0.2) is 6.10 Å². The van der Waals surface area contributed by atoms with Gasteiger partial charge in [-0.25, -0.2) is 4.79 Å². The first kappa shape index (κ1) is 21.7. The minimum absolute atomic E-state index is 0.0274. The summed E-state index contributed by atoms with van der Waals surface area (Å²) in [5.41, 5.74) is 1.43. The second kappa shape index (κ2) is 9.30. The third kappa shape index (κ3) is 4.54. The van der Waals surface area contributed by atoms with Crippen LogP contribution in [0.15, 0.2) is 54.6 Å². The Kier molecular flexibility index (Phi) is 6.30. The fourth-order valence-electron chi connectivity index (χ4n) is 4.13. The van der Waals surface area contributed by atoms with E-state index in [4.69, 9.17) is 4.74 Å². The lowest BCUT2D eigenvalue weighted by atomic mass is 9.94. The summed E-state index contributed by atoms with van der Waals surface area (Å²) in [6.07, 6.45) is 0.417. The lowest BCUT2D eigenvalue weighted by molar-refractivity contribution is -0.136. The topological polar surface area (TPSA) is 82.2 Å². The number of rotatable bonds is 3. The van der Waals surface area contributed by atoms with Gasteiger partial charge in [-0.3, -0.25) is 9.59 Å². The fraction of sp³-hybridized carbons (Fsp3) is 0.375. The Morgan fingerprint density at radius 2 is 1.62 bits per heavy atom. The zero-order valence-electron chi connectivity index (χ0n) is 18.4. The second-order valence-electron chi connectivity index (χ2n) is 8.31. The van der Waals surface area contributed by atoms with Gasteiger partial charge in [0.05, 0.1) is 12.2 Å². The molecule has 4 rings (SSSR count). The molecule has 32 heavy (non-hydrogen) atoms. The number of likely N-dealkylation sites (tertiary alicyclic amines) is 1. The van der Waals surface area contributed by atoms with Crippen molar-refractivity contribution >= 4 is 29.2 Å². The minimum atomic E-state index is -0.736. The van der Waals surface area contributed by atoms with Crippen LogP contribution >= 0.6 is 0 Å². The summed E-state index contributed by atoms with van der Waals surface area (Å²) in [5, 5.41) is 2.89. The number of ether oxygens (including phenoxy) is 1. The first-order chi connectivity index (χ1) is 15.4. The molecule has 0 saturated carbocycles. The van der Waals surface area contributed by atoms with Crippen LogP contribution in [0.1, 0.15) is 12.8 Å². The van der Waals surface area contributed by atoms with Crippen molar-refractivity contribution in [3.8, 4) is 5.75 Å². The maximum atomic E-state index is 13.4. The first-order valence-corrected chi connectivity index (χ1v) is 10.8. The molecule has 0 aliphatic carbocycles. The zero-order valence-corrected chi connectivity index (χ0v) is 18.4. The highest BCUT2D eigenvalue weighted by molar-refractivity contribution is 5.99. The Bertz CT molecular complexity index is 987. The lowest BCUT2D eigenvalue weighted by Gasteiger charge is -2.38. The van der Waals surface area contributed by atoms with Crippen LogP contribution in [0.3, 0.4) is 0 Å². The molecule has 1 fully saturated rings. The van der Waals surface area contributed by atoms with Crippen LogP contribution in [0, 0.1) is 5.92 Å². The highest BCUT2D eigenvalue weighted by Crippen LogP contribution is 2.35. The number of amides is 4. The van der Waals surface area contributed by atoms with Crippen LogP contribution in [-0.2, 0) is 9.59 Å². The maximum absolute atomic E-state index is 13.4. The lowest BCUT2D eigenvalue weighted by Crippen LogP contribution is -2.53. The molecule has 168 valence electrons. The van der Waals surface area contributed by atoms with Crippen molar-refractivity contribution in [3.63, 3.8) is 0 Å². The SMILES string of the molecule is CN(C)C(=O)C1CN(C(=O)C2CCN(C(=O)Nc3ccccc3)CC2)c2ccccc2O1. The summed E-state index contributed by atoms with van der Waals surface area (Å²) >= 11 is 0. The Hall–Kier alpha value is -3.55. The Balaban J connectivity index is 1.42. The molecule has 0 aromatic heterocycles. The monoisotopic (exact) mass is 436 g/mol. The van der Waals surface area contributed by atoms with Gasteiger partial charge in [-0.05, 0) is 37.1 Å². The number of nitrogens with zero attached hydrogens (tertiary/aromatic N) is 3. The number of nitrogens with one attached hydrogen (secondary N) is 1. The molecule has 8 nitrogen and oxygen atoms in total. The van der Waals surface area contributed by atoms with Crippen molar-refractivity contribution in [1.29, 1.82) is 0 Å². The third-order valence-electron chi connectivity index (χ3n) is 5.91. The average molecular weight is 437 g/mol. The fourth-order valence-corrected chi connectivity index (χ4v) is 4.13. The number of likely N-dealkylation sites (N-methyl/N-ethyl adjacent to an activating group) is 1. The number of carbonyl (C=O) groups excluding carboxylic acids is 3. The molecular formula is C24H28N4O4. The van der Waals surface area contributed by atoms with Crippen molar-refractivity contribution in [1.82, 2.24) is 9.80 Å². The molecule has 0 bridgehead atoms. The predicted molar refractivity (Wildman–Crippen MR) is 122 cm³/mol. The van der Waals surface area contributed by atoms with Crippen molar-refractivity contribution in [2.45, 2.75) is 18.9 Å². The summed E-state index contributed by atoms with van der Waals surface area (Å²) in [6, 6.07) is 16.5. The molecule has 1 unspecified atom stereocenters. The van der Waals surface area contributed by atoms with E-state index in [9.17, 15) is 14.4 Å². The molecule has 0 radical (unpaired) electrons. The normalized spacial score (nSPS) is 18.4. The van der Waals surface area contributed by atoms with E-state index in [-0.39, 0.29) is 30.3 Å². The summed E-state index contributed by atoms with van der Waals surface area (Å²) in [7, 11) is 3.35. The Labute approximate surface area is 187 Å². The van der Waals surface area contributed by atoms with E-state index in [1.165, 1.54) is 4.90 Å². The van der Waals surface area contributed by atoms with Gasteiger partial charge in [-0.15, -0.1) is 0 Å². The molecule has 8 heteroatoms. The van der Waals surface area contributed by atoms with E-state index in [1.54, 1.807) is 30.0 Å². The van der Waals surface area contributed by atoms with Crippen molar-refractivity contribution in [2.24, 2.45) is 5.92 Å². The molecule has 2 aromatic rings. The standard InChI is InChI=1S/C24H28N4O4/c1-26(2)23(30)21-16-28(19-10-6-7-11-20(19)32-21)22(29)17-12-14-27(15-13-17)24(31)25-18-8-4-3-5-9-18/h3-11,17,21H,12-16H2,1-2H3,(H,25,31). The van der Waals surface area contributed by atoms with Gasteiger partial charge < -0.3 is 24.8 Å². The largest absolute Gasteiger partial charge is 0.476 e. The van der Waals surface area contributed by atoms with Crippen molar-refractivity contribution < 1.29 is 19.1 Å². The highest BCUT2D eigenvalue weighted by Gasteiger charge is 2.38. The average Bonchev–Trinajstić information content (AvgIpc) is 2.83. The van der Waals surface area contributed by atoms with Crippen LogP contribution in [0.4, 0.5) is 16.2 Å². The third-order valence-corrected chi connectivity index (χ3v) is 5.91. The molecule has 2 aromatic carbocycles. The van der Waals surface area contributed by atoms with Gasteiger partial charge in [0, 0.05) is 38.8 Å². The zero-order chi connectivity index (χ0) is 22.7. The smallest absolute Gasteiger partial charge is 0.321 e. The number of benzene rings is 2. The van der Waals surface area contributed by atoms with E-state index in [0.29, 0.717) is 37.4 Å². The number of hydrogen-bond acceptors (Lipinski definition) is 4. The molecule has 2 aliphatic rings. The number of hydrogen-bond donors (Lipinski definition) is 1. The Morgan fingerprint density at radius 3 is 2.31 bits per heavy atom. The molecule has 1 saturated heterocycles. The number of anilines is 2. The van der Waals surface area contributed by atoms with E-state index in [1.807, 2.05) is 48.5 Å². The molecule has 2 heterocycles. The van der Waals surface area contributed by atoms with Crippen LogP contribution in [0.2, 0.25) is 0 Å². The summed E-state index contributed by atoms with van der Waals surface area (Å²) in [6.45, 7) is 1.18. The summed E-state index contributed by atoms with van der Waals surface area (Å²) in [4.78, 5) is 43.4. The van der Waals surface area contributed by atoms with E-state index >= 15 is 0 Å². The highest BCUT2D eigenvalue weighted by atomic mass is 16.5. The molecular weight excluding hydrogens is 408 g/mol. The number of urea groups is 1. The van der Waals surface area contributed by atoms with Crippen LogP contribution in [-0.4, -0.2) is 67.5 Å². The second-order valence-corrected chi connectivity index (χ2v) is 8.31. The van der Waals surface area contributed by atoms with Gasteiger partial charge in [0.25, 0.3) is 5.91 Å². The van der Waals surface area contributed by atoms with E-state index in [2.05, 4.69) is 5.32 Å². The number of para-hydroxylation sites is 3. The summed E-state index contributed by atoms with van der Waals surface area (Å²) in [5.74, 6) is 0.120. The maximum Gasteiger partial charge on any atom is 0.321 e. The quantitative estimate of drug-likeness (QED) is 0.802. The van der Waals surface area contributed by atoms with Gasteiger partial charge >= 0.3 is 6.03 Å². The van der Waals surface area contributed by atoms with Gasteiger partial charge in [-0.1, -0.05) is 30.3 Å². The molecule has 4 amide bonds. The van der Waals surface area contributed by atoms with Gasteiger partial charge in [0.1, 0.15) is 5.75 Å². The van der Waals surface area contributed by atoms with Crippen molar-refractivity contribution in [2.75, 3.05) is 43.9 Å². The summed E-state index contributed by atoms with van der Waals surface area (Å²) < 4.78 is 5.88. The first-order valence-electron chi connectivity index (χ1n) is 10.8. The number of fused-ring (bicyclic) bond motifs is 1. The van der Waals surface area contributed by atoms with Crippen molar-refractivity contribution in [3.05, 3.63) is 54.6 Å². The molecule has 0 spiro atoms. The van der Waals surface area contributed by atoms with Crippen LogP contribution in [0.5, 0.6) is 5.75 Å². The minimum Gasteiger partial charge on any atom is -0.476 e. The molecule has 1 N–H and O–H groups in total. The van der Waals surface area contributed by atoms with Gasteiger partial charge in [-0.2, -0.15) is 0 Å². The number of carbonyl (C=O) groups is 3. The van der Waals surface area contributed by atoms with Crippen LogP contribution < -0.4 is 15.0 Å². The van der Waals surface area contributed by atoms with Crippen LogP contribution in [0.25, 0.3) is 0 Å². The van der Waals surface area contributed by atoms with Gasteiger partial charge in [0.2, 0.25) is 5.91 Å². The van der Waals surface area contributed by atoms with E-state index in [0.717, 1.165) is 5.69 Å². The predicted octanol–water partition coefficient (Wildman–Crippen LogP) is 2.81. The molecule has 1 atom stereocenters. The number of piperidine rings is 1. The van der Waals surface area contributed by atoms with E-state index < -0.39 is 6.10 Å². The Morgan fingerprint density at radius 1 is 0.969 bits per heavy atom.